The second kappa shape index (κ2) is 13.1. The van der Waals surface area contributed by atoms with Gasteiger partial charge in [-0.3, -0.25) is 0 Å². The molecule has 2 heterocycles. The fourth-order valence-electron chi connectivity index (χ4n) is 4.83. The van der Waals surface area contributed by atoms with Crippen LogP contribution in [0.3, 0.4) is 0 Å². The molecule has 13 heteroatoms. The third kappa shape index (κ3) is 7.39. The lowest BCUT2D eigenvalue weighted by Gasteiger charge is -2.23. The van der Waals surface area contributed by atoms with Gasteiger partial charge in [-0.2, -0.15) is 4.99 Å². The number of amidine groups is 1. The van der Waals surface area contributed by atoms with Gasteiger partial charge in [0.2, 0.25) is 0 Å². The molecule has 8 nitrogen and oxygen atoms in total. The molecule has 0 spiro atoms. The van der Waals surface area contributed by atoms with E-state index in [4.69, 9.17) is 0 Å². The van der Waals surface area contributed by atoms with E-state index in [-0.39, 0.29) is 23.5 Å². The van der Waals surface area contributed by atoms with Crippen LogP contribution in [-0.2, 0) is 0 Å². The van der Waals surface area contributed by atoms with Crippen LogP contribution in [0.5, 0.6) is 5.75 Å². The largest absolute Gasteiger partial charge is 0.573 e. The van der Waals surface area contributed by atoms with E-state index >= 15 is 0 Å². The van der Waals surface area contributed by atoms with E-state index in [0.717, 1.165) is 28.1 Å². The first-order valence-electron chi connectivity index (χ1n) is 14.0. The van der Waals surface area contributed by atoms with Crippen LogP contribution in [0, 0.1) is 5.82 Å². The molecule has 1 atom stereocenters. The predicted octanol–water partition coefficient (Wildman–Crippen LogP) is 7.87. The van der Waals surface area contributed by atoms with Crippen molar-refractivity contribution in [1.29, 1.82) is 0 Å². The number of benzene rings is 3. The van der Waals surface area contributed by atoms with Crippen molar-refractivity contribution in [2.45, 2.75) is 45.5 Å². The summed E-state index contributed by atoms with van der Waals surface area (Å²) in [5.41, 5.74) is 3.83. The molecule has 1 N–H and O–H groups in total. The number of rotatable bonds is 8. The molecule has 1 fully saturated rings. The average Bonchev–Trinajstić information content (AvgIpc) is 3.66. The number of nitrogens with one attached hydrogen (secondary N) is 1. The van der Waals surface area contributed by atoms with Crippen molar-refractivity contribution < 1.29 is 27.1 Å². The zero-order valence-corrected chi connectivity index (χ0v) is 25.0. The summed E-state index contributed by atoms with van der Waals surface area (Å²) >= 11 is 1.49. The van der Waals surface area contributed by atoms with Gasteiger partial charge in [-0.25, -0.2) is 18.9 Å². The summed E-state index contributed by atoms with van der Waals surface area (Å²) < 4.78 is 56.6. The zero-order valence-electron chi connectivity index (χ0n) is 24.2. The van der Waals surface area contributed by atoms with Gasteiger partial charge >= 0.3 is 12.4 Å². The van der Waals surface area contributed by atoms with E-state index in [1.54, 1.807) is 6.07 Å². The highest BCUT2D eigenvalue weighted by Crippen LogP contribution is 2.33. The monoisotopic (exact) mass is 626 g/mol. The molecule has 0 aliphatic carbocycles. The van der Waals surface area contributed by atoms with Gasteiger partial charge in [-0.15, -0.1) is 18.3 Å². The number of carbonyl (C=O) groups is 1. The lowest BCUT2D eigenvalue weighted by atomic mass is 10.0. The van der Waals surface area contributed by atoms with Crippen LogP contribution in [0.2, 0.25) is 0 Å². The molecule has 1 unspecified atom stereocenters. The maximum absolute atomic E-state index is 13.9. The number of thioether (sulfide) groups is 1. The van der Waals surface area contributed by atoms with E-state index in [1.165, 1.54) is 59.2 Å². The number of anilines is 1. The molecular weight excluding hydrogens is 596 g/mol. The first-order valence-corrected chi connectivity index (χ1v) is 15.0. The quantitative estimate of drug-likeness (QED) is 0.201. The minimum absolute atomic E-state index is 0.103. The van der Waals surface area contributed by atoms with E-state index < -0.39 is 12.4 Å². The smallest absolute Gasteiger partial charge is 0.406 e. The fraction of sp³-hybridized carbons (Fsp3) is 0.290. The lowest BCUT2D eigenvalue weighted by molar-refractivity contribution is -0.274. The maximum atomic E-state index is 13.9. The normalized spacial score (nSPS) is 15.2. The Hall–Kier alpha value is -4.39. The van der Waals surface area contributed by atoms with Crippen LogP contribution >= 0.6 is 11.8 Å². The average molecular weight is 627 g/mol. The minimum Gasteiger partial charge on any atom is -0.406 e. The number of aromatic nitrogens is 3. The number of hydrogen-bond acceptors (Lipinski definition) is 5. The molecule has 1 aliphatic heterocycles. The summed E-state index contributed by atoms with van der Waals surface area (Å²) in [7, 11) is 0. The third-order valence-electron chi connectivity index (χ3n) is 6.98. The van der Waals surface area contributed by atoms with Crippen LogP contribution < -0.4 is 15.0 Å². The van der Waals surface area contributed by atoms with Crippen molar-refractivity contribution in [3.63, 3.8) is 0 Å². The summed E-state index contributed by atoms with van der Waals surface area (Å²) in [6.45, 7) is 6.64. The topological polar surface area (TPSA) is 84.6 Å². The molecule has 5 rings (SSSR count). The summed E-state index contributed by atoms with van der Waals surface area (Å²) in [6.07, 6.45) is -2.67. The molecule has 0 radical (unpaired) electrons. The van der Waals surface area contributed by atoms with Gasteiger partial charge < -0.3 is 15.0 Å². The Balaban J connectivity index is 1.26. The second-order valence-corrected chi connectivity index (χ2v) is 11.4. The van der Waals surface area contributed by atoms with Crippen molar-refractivity contribution in [2.75, 3.05) is 17.2 Å². The summed E-state index contributed by atoms with van der Waals surface area (Å²) in [5, 5.41) is 8.00. The highest BCUT2D eigenvalue weighted by atomic mass is 32.2. The van der Waals surface area contributed by atoms with Gasteiger partial charge in [0.05, 0.1) is 11.7 Å². The van der Waals surface area contributed by atoms with Crippen molar-refractivity contribution in [1.82, 2.24) is 20.1 Å². The van der Waals surface area contributed by atoms with Gasteiger partial charge in [-0.05, 0) is 65.9 Å². The van der Waals surface area contributed by atoms with Crippen molar-refractivity contribution in [3.8, 4) is 22.8 Å². The maximum Gasteiger partial charge on any atom is 0.573 e. The SMILES string of the molecule is CCC(NC(=O)N=C1SCCN1c1ccc(F)cc1C(C)C)c1ccc(-c2ncn(-c3ccc(OC(F)(F)F)cc3)n2)cc1. The first kappa shape index (κ1) is 31.0. The van der Waals surface area contributed by atoms with Gasteiger partial charge in [0.1, 0.15) is 17.9 Å². The van der Waals surface area contributed by atoms with Crippen LogP contribution in [0.1, 0.15) is 50.3 Å². The number of amides is 2. The summed E-state index contributed by atoms with van der Waals surface area (Å²) in [6, 6.07) is 16.7. The van der Waals surface area contributed by atoms with Crippen LogP contribution in [0.4, 0.5) is 28.0 Å². The number of aliphatic imine (C=N–C) groups is 1. The molecular formula is C31H30F4N6O2S. The highest BCUT2D eigenvalue weighted by Gasteiger charge is 2.31. The number of ether oxygens (including phenoxy) is 1. The number of alkyl halides is 3. The van der Waals surface area contributed by atoms with Gasteiger partial charge in [0.15, 0.2) is 11.0 Å². The Morgan fingerprint density at radius 1 is 1.09 bits per heavy atom. The van der Waals surface area contributed by atoms with E-state index in [1.807, 2.05) is 49.9 Å². The molecule has 1 aromatic heterocycles. The van der Waals surface area contributed by atoms with Crippen LogP contribution in [-0.4, -0.2) is 44.6 Å². The van der Waals surface area contributed by atoms with Crippen LogP contribution in [0.25, 0.3) is 17.1 Å². The van der Waals surface area contributed by atoms with Crippen molar-refractivity contribution >= 4 is 28.6 Å². The highest BCUT2D eigenvalue weighted by molar-refractivity contribution is 8.14. The Bertz CT molecular complexity index is 1640. The second-order valence-electron chi connectivity index (χ2n) is 10.3. The molecule has 2 amide bonds. The number of carbonyl (C=O) groups excluding carboxylic acids is 1. The first-order chi connectivity index (χ1) is 21.0. The number of nitrogens with zero attached hydrogens (tertiary/aromatic N) is 5. The fourth-order valence-corrected chi connectivity index (χ4v) is 5.77. The van der Waals surface area contributed by atoms with E-state index in [2.05, 4.69) is 25.1 Å². The Morgan fingerprint density at radius 3 is 2.48 bits per heavy atom. The van der Waals surface area contributed by atoms with Crippen LogP contribution in [0.15, 0.2) is 78.0 Å². The number of halogens is 4. The Labute approximate surface area is 256 Å². The van der Waals surface area contributed by atoms with Gasteiger partial charge in [0, 0.05) is 23.5 Å². The van der Waals surface area contributed by atoms with Crippen molar-refractivity contribution in [3.05, 3.63) is 90.0 Å². The van der Waals surface area contributed by atoms with E-state index in [0.29, 0.717) is 29.6 Å². The molecule has 0 bridgehead atoms. The molecule has 4 aromatic rings. The molecule has 0 saturated carbocycles. The zero-order chi connectivity index (χ0) is 31.4. The summed E-state index contributed by atoms with van der Waals surface area (Å²) in [5.74, 6) is 0.672. The number of hydrogen-bond donors (Lipinski definition) is 1. The predicted molar refractivity (Wildman–Crippen MR) is 163 cm³/mol. The third-order valence-corrected chi connectivity index (χ3v) is 7.94. The minimum atomic E-state index is -4.76. The molecule has 1 aliphatic rings. The molecule has 230 valence electrons. The van der Waals surface area contributed by atoms with Gasteiger partial charge in [0.25, 0.3) is 0 Å². The Kier molecular flexibility index (Phi) is 9.23. The molecule has 1 saturated heterocycles. The van der Waals surface area contributed by atoms with E-state index in [9.17, 15) is 22.4 Å². The standard InChI is InChI=1S/C31H30F4N6O2S/c1-4-26(37-29(42)38-30-40(15-16-44-30)27-14-9-22(32)17-25(27)19(2)3)20-5-7-21(8-6-20)28-36-18-41(39-28)23-10-12-24(13-11-23)43-31(33,34)35/h5-14,17-19,26H,4,15-16H2,1-3H3,(H,37,42). The molecule has 3 aromatic carbocycles. The van der Waals surface area contributed by atoms with Gasteiger partial charge in [-0.1, -0.05) is 56.8 Å². The molecule has 44 heavy (non-hydrogen) atoms. The number of urea groups is 1. The van der Waals surface area contributed by atoms with Crippen molar-refractivity contribution in [2.24, 2.45) is 4.99 Å². The lowest BCUT2D eigenvalue weighted by Crippen LogP contribution is -2.30. The Morgan fingerprint density at radius 2 is 1.82 bits per heavy atom. The summed E-state index contributed by atoms with van der Waals surface area (Å²) in [4.78, 5) is 23.7.